The molecular weight excluding hydrogens is 480 g/mol. The number of aromatic nitrogens is 4. The van der Waals surface area contributed by atoms with Crippen LogP contribution in [0, 0.1) is 0 Å². The Morgan fingerprint density at radius 3 is 1.89 bits per heavy atom. The van der Waals surface area contributed by atoms with Gasteiger partial charge in [0.05, 0.1) is 12.8 Å². The van der Waals surface area contributed by atoms with Crippen LogP contribution < -0.4 is 10.6 Å². The smallest absolute Gasteiger partial charge is 0.230 e. The number of hydrogen-bond donors (Lipinski definition) is 2. The molecule has 1 saturated carbocycles. The standard InChI is InChI=1S/C15H17N3OS.C10H9N3OS/c19-13(10-11-6-2-1-3-7-11)16-15-18-17-14(20-15)12-8-4-5-9-12;14-9(12-10-13-11-7-15-10)6-8-4-2-1-3-5-8/h1-3,6-7,12H,4-5,8-10H2,(H,16,18,19);1-5,7H,6H2,(H,12,13,14). The van der Waals surface area contributed by atoms with Crippen molar-refractivity contribution in [3.8, 4) is 0 Å². The molecule has 0 saturated heterocycles. The van der Waals surface area contributed by atoms with E-state index in [0.29, 0.717) is 29.0 Å². The number of nitrogens with zero attached hydrogens (tertiary/aromatic N) is 4. The van der Waals surface area contributed by atoms with Gasteiger partial charge in [-0.25, -0.2) is 0 Å². The Morgan fingerprint density at radius 2 is 1.34 bits per heavy atom. The highest BCUT2D eigenvalue weighted by molar-refractivity contribution is 7.15. The van der Waals surface area contributed by atoms with Crippen molar-refractivity contribution in [3.05, 3.63) is 82.3 Å². The molecule has 180 valence electrons. The molecular formula is C25H26N6O2S2. The largest absolute Gasteiger partial charge is 0.300 e. The van der Waals surface area contributed by atoms with E-state index < -0.39 is 0 Å². The zero-order valence-electron chi connectivity index (χ0n) is 19.1. The summed E-state index contributed by atoms with van der Waals surface area (Å²) in [6, 6.07) is 19.3. The Labute approximate surface area is 211 Å². The van der Waals surface area contributed by atoms with E-state index in [0.717, 1.165) is 16.1 Å². The second-order valence-corrected chi connectivity index (χ2v) is 9.93. The first-order chi connectivity index (χ1) is 17.2. The monoisotopic (exact) mass is 506 g/mol. The topological polar surface area (TPSA) is 110 Å². The Kier molecular flexibility index (Phi) is 9.02. The number of anilines is 2. The van der Waals surface area contributed by atoms with Crippen LogP contribution in [0.2, 0.25) is 0 Å². The zero-order chi connectivity index (χ0) is 24.3. The van der Waals surface area contributed by atoms with Gasteiger partial charge >= 0.3 is 0 Å². The van der Waals surface area contributed by atoms with Crippen LogP contribution >= 0.6 is 22.7 Å². The molecule has 10 heteroatoms. The molecule has 1 aliphatic rings. The molecule has 0 atom stereocenters. The lowest BCUT2D eigenvalue weighted by Gasteiger charge is -2.02. The van der Waals surface area contributed by atoms with Gasteiger partial charge in [-0.3, -0.25) is 9.59 Å². The lowest BCUT2D eigenvalue weighted by molar-refractivity contribution is -0.116. The van der Waals surface area contributed by atoms with Gasteiger partial charge in [0, 0.05) is 5.92 Å². The summed E-state index contributed by atoms with van der Waals surface area (Å²) in [6.45, 7) is 0. The van der Waals surface area contributed by atoms with Gasteiger partial charge in [-0.2, -0.15) is 0 Å². The molecule has 4 aromatic rings. The average Bonchev–Trinajstić information content (AvgIpc) is 3.64. The van der Waals surface area contributed by atoms with Crippen LogP contribution in [-0.2, 0) is 22.4 Å². The predicted molar refractivity (Wildman–Crippen MR) is 139 cm³/mol. The maximum Gasteiger partial charge on any atom is 0.230 e. The molecule has 0 bridgehead atoms. The number of nitrogens with one attached hydrogen (secondary N) is 2. The molecule has 5 rings (SSSR count). The highest BCUT2D eigenvalue weighted by Gasteiger charge is 2.21. The van der Waals surface area contributed by atoms with Crippen LogP contribution in [0.3, 0.4) is 0 Å². The third-order valence-electron chi connectivity index (χ3n) is 5.41. The molecule has 2 heterocycles. The van der Waals surface area contributed by atoms with Crippen LogP contribution in [-0.4, -0.2) is 32.2 Å². The summed E-state index contributed by atoms with van der Waals surface area (Å²) in [4.78, 5) is 23.4. The third kappa shape index (κ3) is 8.04. The van der Waals surface area contributed by atoms with Gasteiger partial charge in [0.15, 0.2) is 0 Å². The second-order valence-electron chi connectivity index (χ2n) is 8.09. The number of rotatable bonds is 7. The van der Waals surface area contributed by atoms with Gasteiger partial charge < -0.3 is 10.6 Å². The first-order valence-corrected chi connectivity index (χ1v) is 13.1. The molecule has 8 nitrogen and oxygen atoms in total. The molecule has 0 aliphatic heterocycles. The van der Waals surface area contributed by atoms with Crippen molar-refractivity contribution in [2.45, 2.75) is 44.4 Å². The second kappa shape index (κ2) is 12.8. The number of benzene rings is 2. The Morgan fingerprint density at radius 1 is 0.771 bits per heavy atom. The minimum Gasteiger partial charge on any atom is -0.300 e. The molecule has 2 aromatic carbocycles. The van der Waals surface area contributed by atoms with E-state index in [9.17, 15) is 9.59 Å². The van der Waals surface area contributed by atoms with Crippen LogP contribution in [0.5, 0.6) is 0 Å². The van der Waals surface area contributed by atoms with Gasteiger partial charge in [-0.15, -0.1) is 20.4 Å². The van der Waals surface area contributed by atoms with Crippen molar-refractivity contribution in [1.29, 1.82) is 0 Å². The molecule has 0 spiro atoms. The molecule has 1 fully saturated rings. The van der Waals surface area contributed by atoms with Gasteiger partial charge in [0.2, 0.25) is 22.1 Å². The average molecular weight is 507 g/mol. The quantitative estimate of drug-likeness (QED) is 0.361. The van der Waals surface area contributed by atoms with E-state index >= 15 is 0 Å². The minimum absolute atomic E-state index is 0.0367. The third-order valence-corrected chi connectivity index (χ3v) is 7.02. The molecule has 0 radical (unpaired) electrons. The summed E-state index contributed by atoms with van der Waals surface area (Å²) in [5.41, 5.74) is 3.57. The van der Waals surface area contributed by atoms with Crippen molar-refractivity contribution >= 4 is 44.8 Å². The minimum atomic E-state index is -0.0713. The highest BCUT2D eigenvalue weighted by atomic mass is 32.1. The van der Waals surface area contributed by atoms with Crippen LogP contribution in [0.25, 0.3) is 0 Å². The molecule has 0 unspecified atom stereocenters. The van der Waals surface area contributed by atoms with Gasteiger partial charge in [-0.1, -0.05) is 96.2 Å². The molecule has 2 amide bonds. The Hall–Kier alpha value is -3.50. The van der Waals surface area contributed by atoms with Crippen LogP contribution in [0.1, 0.15) is 47.7 Å². The number of hydrogen-bond acceptors (Lipinski definition) is 8. The maximum absolute atomic E-state index is 11.9. The van der Waals surface area contributed by atoms with E-state index in [2.05, 4.69) is 31.0 Å². The number of carbonyl (C=O) groups is 2. The van der Waals surface area contributed by atoms with Crippen molar-refractivity contribution in [2.24, 2.45) is 0 Å². The summed E-state index contributed by atoms with van der Waals surface area (Å²) in [6.07, 6.45) is 5.69. The van der Waals surface area contributed by atoms with Crippen molar-refractivity contribution in [1.82, 2.24) is 20.4 Å². The molecule has 1 aliphatic carbocycles. The van der Waals surface area contributed by atoms with Gasteiger partial charge in [0.1, 0.15) is 10.5 Å². The normalized spacial score (nSPS) is 13.0. The highest BCUT2D eigenvalue weighted by Crippen LogP contribution is 2.36. The summed E-state index contributed by atoms with van der Waals surface area (Å²) >= 11 is 2.82. The Bertz CT molecular complexity index is 1190. The summed E-state index contributed by atoms with van der Waals surface area (Å²) in [7, 11) is 0. The lowest BCUT2D eigenvalue weighted by atomic mass is 10.1. The molecule has 2 aromatic heterocycles. The van der Waals surface area contributed by atoms with E-state index in [-0.39, 0.29) is 11.8 Å². The maximum atomic E-state index is 11.9. The first kappa shape index (κ1) is 24.6. The fourth-order valence-electron chi connectivity index (χ4n) is 3.74. The van der Waals surface area contributed by atoms with Crippen LogP contribution in [0.4, 0.5) is 10.3 Å². The lowest BCUT2D eigenvalue weighted by Crippen LogP contribution is -2.14. The number of carbonyl (C=O) groups excluding carboxylic acids is 2. The summed E-state index contributed by atoms with van der Waals surface area (Å²) in [5.74, 6) is 0.440. The van der Waals surface area contributed by atoms with Crippen molar-refractivity contribution in [2.75, 3.05) is 10.6 Å². The fourth-order valence-corrected chi connectivity index (χ4v) is 5.13. The summed E-state index contributed by atoms with van der Waals surface area (Å²) < 4.78 is 0. The van der Waals surface area contributed by atoms with E-state index in [1.54, 1.807) is 5.51 Å². The SMILES string of the molecule is O=C(Cc1ccccc1)Nc1nnc(C2CCCC2)s1.O=C(Cc1ccccc1)Nc1nncs1. The predicted octanol–water partition coefficient (Wildman–Crippen LogP) is 5.10. The molecule has 35 heavy (non-hydrogen) atoms. The number of amides is 2. The Balaban J connectivity index is 0.000000172. The summed E-state index contributed by atoms with van der Waals surface area (Å²) in [5, 5.41) is 23.4. The van der Waals surface area contributed by atoms with Crippen molar-refractivity contribution in [3.63, 3.8) is 0 Å². The van der Waals surface area contributed by atoms with E-state index in [4.69, 9.17) is 0 Å². The van der Waals surface area contributed by atoms with Gasteiger partial charge in [-0.05, 0) is 24.0 Å². The van der Waals surface area contributed by atoms with Crippen molar-refractivity contribution < 1.29 is 9.59 Å². The van der Waals surface area contributed by atoms with E-state index in [1.165, 1.54) is 48.4 Å². The fraction of sp³-hybridized carbons (Fsp3) is 0.280. The zero-order valence-corrected chi connectivity index (χ0v) is 20.7. The van der Waals surface area contributed by atoms with E-state index in [1.807, 2.05) is 60.7 Å². The van der Waals surface area contributed by atoms with Crippen LogP contribution in [0.15, 0.2) is 66.2 Å². The molecule has 2 N–H and O–H groups in total. The first-order valence-electron chi connectivity index (χ1n) is 11.4. The van der Waals surface area contributed by atoms with Gasteiger partial charge in [0.25, 0.3) is 0 Å².